The van der Waals surface area contributed by atoms with Crippen molar-refractivity contribution < 1.29 is 52.8 Å². The number of aryl methyl sites for hydroxylation is 2. The molecule has 0 unspecified atom stereocenters. The van der Waals surface area contributed by atoms with Crippen molar-refractivity contribution in [3.05, 3.63) is 94.5 Å². The predicted octanol–water partition coefficient (Wildman–Crippen LogP) is 5.60. The Morgan fingerprint density at radius 1 is 0.833 bits per heavy atom. The topological polar surface area (TPSA) is 257 Å². The molecular formula is C61H83ClN10O11S. The van der Waals surface area contributed by atoms with E-state index in [1.165, 1.54) is 4.90 Å². The number of benzene rings is 2. The molecule has 84 heavy (non-hydrogen) atoms. The number of H-pyrrole nitrogens is 1. The fraction of sp³-hybridized carbons (Fsp3) is 0.574. The number of ketones is 2. The van der Waals surface area contributed by atoms with Crippen LogP contribution in [0.4, 0.5) is 5.82 Å². The van der Waals surface area contributed by atoms with E-state index in [-0.39, 0.29) is 94.2 Å². The van der Waals surface area contributed by atoms with E-state index < -0.39 is 29.0 Å². The van der Waals surface area contributed by atoms with Crippen LogP contribution < -0.4 is 16.0 Å². The Hall–Kier alpha value is -5.79. The van der Waals surface area contributed by atoms with Gasteiger partial charge in [0.05, 0.1) is 98.0 Å². The van der Waals surface area contributed by atoms with Crippen molar-refractivity contribution in [2.45, 2.75) is 96.4 Å². The van der Waals surface area contributed by atoms with Crippen molar-refractivity contribution in [1.29, 1.82) is 0 Å². The molecule has 0 bridgehead atoms. The lowest BCUT2D eigenvalue weighted by Crippen LogP contribution is -2.60. The van der Waals surface area contributed by atoms with E-state index in [0.29, 0.717) is 110 Å². The van der Waals surface area contributed by atoms with E-state index in [0.717, 1.165) is 44.1 Å². The highest BCUT2D eigenvalue weighted by atomic mass is 35.5. The number of likely N-dealkylation sites (tertiary alicyclic amines) is 1. The second-order valence-corrected chi connectivity index (χ2v) is 24.4. The van der Waals surface area contributed by atoms with Gasteiger partial charge in [-0.15, -0.1) is 11.3 Å². The third-order valence-corrected chi connectivity index (χ3v) is 17.3. The Bertz CT molecular complexity index is 2920. The third kappa shape index (κ3) is 18.1. The number of piperazine rings is 1. The van der Waals surface area contributed by atoms with Crippen LogP contribution in [-0.2, 0) is 54.1 Å². The van der Waals surface area contributed by atoms with Crippen LogP contribution in [0.3, 0.4) is 0 Å². The highest BCUT2D eigenvalue weighted by Crippen LogP contribution is 2.35. The number of hydrogen-bond acceptors (Lipinski definition) is 18. The molecule has 3 fully saturated rings. The molecule has 0 radical (unpaired) electrons. The van der Waals surface area contributed by atoms with Crippen molar-refractivity contribution in [3.63, 3.8) is 0 Å². The predicted molar refractivity (Wildman–Crippen MR) is 321 cm³/mol. The zero-order valence-corrected chi connectivity index (χ0v) is 50.5. The number of aromatic amines is 1. The SMILES string of the molecule is Cc1ncsc1-c1ccc(CCC(=O)[C@@H]2C[C@@H](O)CN2C(=O)[C@@H](CC(=O)COCCOCCOCCOCCOCC(=O)N2CCN(CC[C@H](NC(=O)C3(N)CCN(c4ncnc5[nH]ccc45)CC3)c3ccc(Cl)cc3)CC2)C(C)(C)C)cc1. The molecule has 5 N–H and O–H groups in total. The molecule has 3 amide bonds. The summed E-state index contributed by atoms with van der Waals surface area (Å²) >= 11 is 7.83. The fourth-order valence-electron chi connectivity index (χ4n) is 11.0. The summed E-state index contributed by atoms with van der Waals surface area (Å²) in [6, 6.07) is 16.6. The van der Waals surface area contributed by atoms with Gasteiger partial charge in [-0.05, 0) is 72.9 Å². The molecule has 6 heterocycles. The normalized spacial score (nSPS) is 18.3. The first-order valence-electron chi connectivity index (χ1n) is 29.3. The minimum Gasteiger partial charge on any atom is -0.391 e. The molecule has 0 saturated carbocycles. The third-order valence-electron chi connectivity index (χ3n) is 16.1. The zero-order valence-electron chi connectivity index (χ0n) is 48.9. The lowest BCUT2D eigenvalue weighted by molar-refractivity contribution is -0.146. The average molecular weight is 1200 g/mol. The number of fused-ring (bicyclic) bond motifs is 1. The number of carbonyl (C=O) groups is 5. The molecule has 3 aliphatic rings. The number of rotatable bonds is 31. The first-order valence-corrected chi connectivity index (χ1v) is 30.5. The van der Waals surface area contributed by atoms with Crippen LogP contribution >= 0.6 is 22.9 Å². The number of carbonyl (C=O) groups excluding carboxylic acids is 5. The largest absolute Gasteiger partial charge is 0.391 e. The van der Waals surface area contributed by atoms with Gasteiger partial charge in [0, 0.05) is 88.8 Å². The monoisotopic (exact) mass is 1200 g/mol. The lowest BCUT2D eigenvalue weighted by atomic mass is 9.76. The molecule has 8 rings (SSSR count). The number of amides is 3. The van der Waals surface area contributed by atoms with Crippen LogP contribution in [0.2, 0.25) is 5.02 Å². The van der Waals surface area contributed by atoms with Crippen molar-refractivity contribution in [2.75, 3.05) is 123 Å². The number of aliphatic hydroxyl groups is 1. The van der Waals surface area contributed by atoms with Crippen LogP contribution in [0.15, 0.2) is 72.6 Å². The van der Waals surface area contributed by atoms with E-state index >= 15 is 0 Å². The van der Waals surface area contributed by atoms with Gasteiger partial charge in [0.1, 0.15) is 31.0 Å². The van der Waals surface area contributed by atoms with Gasteiger partial charge in [-0.3, -0.25) is 28.9 Å². The van der Waals surface area contributed by atoms with Gasteiger partial charge in [0.15, 0.2) is 11.6 Å². The molecule has 3 aliphatic heterocycles. The number of ether oxygens (including phenoxy) is 5. The molecule has 0 aliphatic carbocycles. The minimum absolute atomic E-state index is 0.0354. The molecule has 3 saturated heterocycles. The maximum absolute atomic E-state index is 14.1. The highest BCUT2D eigenvalue weighted by Gasteiger charge is 2.44. The fourth-order valence-corrected chi connectivity index (χ4v) is 11.9. The number of nitrogens with zero attached hydrogens (tertiary/aromatic N) is 7. The number of thiazole rings is 1. The molecule has 2 aromatic carbocycles. The van der Waals surface area contributed by atoms with Crippen molar-refractivity contribution in [2.24, 2.45) is 17.1 Å². The number of nitrogens with two attached hydrogens (primary N) is 1. The summed E-state index contributed by atoms with van der Waals surface area (Å²) in [7, 11) is 0. The summed E-state index contributed by atoms with van der Waals surface area (Å²) in [6.07, 6.45) is 5.03. The van der Waals surface area contributed by atoms with Gasteiger partial charge in [0.2, 0.25) is 17.7 Å². The standard InChI is InChI=1S/C61H83ClN10O11S/c1-42-55(84-41-67-42)45-8-5-43(6-9-45)7-14-53(75)52-36-47(73)37-72(52)58(77)50(60(2,3)4)35-48(74)38-82-33-31-80-29-27-79-28-30-81-32-34-83-39-54(76)70-25-23-69(24-26-70)20-16-51(44-10-12-46(62)13-11-44)68-59(78)61(63)17-21-71(22-18-61)57-49-15-19-64-56(49)65-40-66-57/h5-6,8-13,15,19,40-41,47,50-52,73H,7,14,16-18,20-39,63H2,1-4H3,(H,68,78)(H,64,65,66)/t47-,50-,51+,52+/m1/s1. The number of anilines is 1. The van der Waals surface area contributed by atoms with E-state index in [1.54, 1.807) is 17.7 Å². The Balaban J connectivity index is 0.630. The summed E-state index contributed by atoms with van der Waals surface area (Å²) in [5.41, 5.74) is 11.8. The van der Waals surface area contributed by atoms with Crippen LogP contribution in [0.25, 0.3) is 21.5 Å². The van der Waals surface area contributed by atoms with E-state index in [2.05, 4.69) is 35.1 Å². The van der Waals surface area contributed by atoms with Gasteiger partial charge in [-0.2, -0.15) is 0 Å². The summed E-state index contributed by atoms with van der Waals surface area (Å²) in [4.78, 5) is 92.8. The van der Waals surface area contributed by atoms with Crippen molar-refractivity contribution in [3.8, 4) is 10.4 Å². The first-order chi connectivity index (χ1) is 40.5. The van der Waals surface area contributed by atoms with E-state index in [1.807, 2.05) is 98.9 Å². The molecule has 23 heteroatoms. The second kappa shape index (κ2) is 31.0. The van der Waals surface area contributed by atoms with Crippen molar-refractivity contribution in [1.82, 2.24) is 40.0 Å². The van der Waals surface area contributed by atoms with Crippen LogP contribution in [-0.4, -0.2) is 205 Å². The Labute approximate surface area is 501 Å². The number of β-amino-alcohol motifs (C(OH)–C–C–N with tert-alkyl or cyclic N) is 1. The van der Waals surface area contributed by atoms with Crippen LogP contribution in [0.1, 0.15) is 82.2 Å². The van der Waals surface area contributed by atoms with Crippen LogP contribution in [0, 0.1) is 18.3 Å². The number of piperidine rings is 1. The molecule has 21 nitrogen and oxygen atoms in total. The number of aliphatic hydroxyl groups excluding tert-OH is 1. The Morgan fingerprint density at radius 2 is 1.48 bits per heavy atom. The summed E-state index contributed by atoms with van der Waals surface area (Å²) in [5.74, 6) is -0.767. The van der Waals surface area contributed by atoms with Gasteiger partial charge in [-0.1, -0.05) is 68.8 Å². The molecule has 0 spiro atoms. The zero-order chi connectivity index (χ0) is 59.6. The number of aromatic nitrogens is 4. The molecule has 456 valence electrons. The number of nitrogens with one attached hydrogen (secondary N) is 2. The van der Waals surface area contributed by atoms with Crippen LogP contribution in [0.5, 0.6) is 0 Å². The van der Waals surface area contributed by atoms with Crippen molar-refractivity contribution >= 4 is 69.1 Å². The van der Waals surface area contributed by atoms with Gasteiger partial charge < -0.3 is 59.5 Å². The summed E-state index contributed by atoms with van der Waals surface area (Å²) in [6.45, 7) is 14.3. The second-order valence-electron chi connectivity index (χ2n) is 23.1. The van der Waals surface area contributed by atoms with E-state index in [9.17, 15) is 29.1 Å². The molecule has 5 aromatic rings. The summed E-state index contributed by atoms with van der Waals surface area (Å²) in [5, 5.41) is 15.5. The number of hydrogen-bond donors (Lipinski definition) is 4. The van der Waals surface area contributed by atoms with Gasteiger partial charge in [0.25, 0.3) is 0 Å². The lowest BCUT2D eigenvalue weighted by Gasteiger charge is -2.39. The minimum atomic E-state index is -1.03. The summed E-state index contributed by atoms with van der Waals surface area (Å²) < 4.78 is 28.1. The first kappa shape index (κ1) is 64.2. The maximum Gasteiger partial charge on any atom is 0.248 e. The number of halogens is 1. The Morgan fingerprint density at radius 3 is 2.11 bits per heavy atom. The van der Waals surface area contributed by atoms with Gasteiger partial charge in [-0.25, -0.2) is 15.0 Å². The smallest absolute Gasteiger partial charge is 0.248 e. The molecule has 4 atom stereocenters. The van der Waals surface area contributed by atoms with Gasteiger partial charge >= 0.3 is 0 Å². The Kier molecular flexibility index (Phi) is 23.7. The number of Topliss-reactive ketones (excluding diaryl/α,β-unsaturated/α-hetero) is 2. The average Bonchev–Trinajstić information content (AvgIpc) is 4.10. The van der Waals surface area contributed by atoms with E-state index in [4.69, 9.17) is 41.0 Å². The highest BCUT2D eigenvalue weighted by molar-refractivity contribution is 7.13. The molecule has 3 aromatic heterocycles. The quantitative estimate of drug-likeness (QED) is 0.0394. The maximum atomic E-state index is 14.1. The molecular weight excluding hydrogens is 1120 g/mol.